The van der Waals surface area contributed by atoms with E-state index in [1.165, 1.54) is 0 Å². The largest absolute Gasteiger partial charge is 0.493 e. The molecule has 0 amide bonds. The fraction of sp³-hybridized carbons (Fsp3) is 0.500. The smallest absolute Gasteiger partial charge is 0.203 e. The van der Waals surface area contributed by atoms with Crippen LogP contribution in [0, 0.1) is 0 Å². The molecule has 2 N–H and O–H groups in total. The number of aliphatic hydroxyl groups excluding tert-OH is 1. The summed E-state index contributed by atoms with van der Waals surface area (Å²) in [5, 5.41) is 12.3. The molecule has 0 aromatic heterocycles. The molecule has 1 aromatic rings. The maximum atomic E-state index is 9.26. The van der Waals surface area contributed by atoms with Gasteiger partial charge in [0.2, 0.25) is 5.75 Å². The summed E-state index contributed by atoms with van der Waals surface area (Å²) >= 11 is 0. The molecule has 1 atom stereocenters. The van der Waals surface area contributed by atoms with Crippen LogP contribution >= 0.6 is 0 Å². The topological polar surface area (TPSA) is 60.0 Å². The minimum absolute atomic E-state index is 0.00482. The minimum atomic E-state index is -0.163. The first-order valence-corrected chi connectivity index (χ1v) is 5.29. The first-order valence-electron chi connectivity index (χ1n) is 5.29. The van der Waals surface area contributed by atoms with E-state index in [0.717, 1.165) is 5.56 Å². The van der Waals surface area contributed by atoms with Gasteiger partial charge in [0.15, 0.2) is 11.5 Å². The van der Waals surface area contributed by atoms with Crippen LogP contribution in [0.1, 0.15) is 11.6 Å². The fourth-order valence-corrected chi connectivity index (χ4v) is 1.67. The number of ether oxygens (including phenoxy) is 3. The lowest BCUT2D eigenvalue weighted by Crippen LogP contribution is -2.20. The van der Waals surface area contributed by atoms with E-state index in [4.69, 9.17) is 14.2 Å². The van der Waals surface area contributed by atoms with Crippen molar-refractivity contribution < 1.29 is 19.3 Å². The summed E-state index contributed by atoms with van der Waals surface area (Å²) in [5.41, 5.74) is 0.879. The van der Waals surface area contributed by atoms with Gasteiger partial charge in [0, 0.05) is 0 Å². The van der Waals surface area contributed by atoms with Gasteiger partial charge in [-0.25, -0.2) is 0 Å². The summed E-state index contributed by atoms with van der Waals surface area (Å²) in [6.07, 6.45) is 0. The molecule has 1 rings (SSSR count). The summed E-state index contributed by atoms with van der Waals surface area (Å²) in [7, 11) is 6.47. The van der Waals surface area contributed by atoms with Gasteiger partial charge in [-0.15, -0.1) is 0 Å². The van der Waals surface area contributed by atoms with Gasteiger partial charge in [0.05, 0.1) is 34.0 Å². The van der Waals surface area contributed by atoms with Crippen molar-refractivity contribution in [2.45, 2.75) is 6.04 Å². The van der Waals surface area contributed by atoms with Crippen molar-refractivity contribution in [3.63, 3.8) is 0 Å². The van der Waals surface area contributed by atoms with Gasteiger partial charge in [-0.2, -0.15) is 0 Å². The first kappa shape index (κ1) is 13.6. The lowest BCUT2D eigenvalue weighted by molar-refractivity contribution is 0.249. The monoisotopic (exact) mass is 241 g/mol. The number of methoxy groups -OCH3 is 3. The highest BCUT2D eigenvalue weighted by molar-refractivity contribution is 5.54. The maximum Gasteiger partial charge on any atom is 0.203 e. The standard InChI is InChI=1S/C12H19NO4/c1-13-9(7-14)8-5-10(15-2)12(17-4)11(6-8)16-3/h5-6,9,13-14H,7H2,1-4H3. The van der Waals surface area contributed by atoms with E-state index in [1.54, 1.807) is 28.4 Å². The molecule has 0 radical (unpaired) electrons. The van der Waals surface area contributed by atoms with Crippen molar-refractivity contribution in [2.75, 3.05) is 35.0 Å². The number of rotatable bonds is 6. The molecule has 1 aromatic carbocycles. The van der Waals surface area contributed by atoms with Crippen LogP contribution < -0.4 is 19.5 Å². The quantitative estimate of drug-likeness (QED) is 0.777. The Morgan fingerprint density at radius 3 is 1.94 bits per heavy atom. The van der Waals surface area contributed by atoms with Crippen molar-refractivity contribution in [3.05, 3.63) is 17.7 Å². The summed E-state index contributed by atoms with van der Waals surface area (Å²) in [6.45, 7) is -0.00482. The van der Waals surface area contributed by atoms with Gasteiger partial charge < -0.3 is 24.6 Å². The number of likely N-dealkylation sites (N-methyl/N-ethyl adjacent to an activating group) is 1. The molecule has 0 heterocycles. The van der Waals surface area contributed by atoms with Crippen LogP contribution in [0.5, 0.6) is 17.2 Å². The van der Waals surface area contributed by atoms with Gasteiger partial charge in [-0.05, 0) is 24.7 Å². The molecule has 0 spiro atoms. The summed E-state index contributed by atoms with van der Waals surface area (Å²) in [5.74, 6) is 1.71. The Labute approximate surface area is 101 Å². The fourth-order valence-electron chi connectivity index (χ4n) is 1.67. The van der Waals surface area contributed by atoms with Crippen molar-refractivity contribution in [2.24, 2.45) is 0 Å². The molecule has 1 unspecified atom stereocenters. The molecule has 5 nitrogen and oxygen atoms in total. The van der Waals surface area contributed by atoms with Crippen LogP contribution in [0.15, 0.2) is 12.1 Å². The molecule has 96 valence electrons. The van der Waals surface area contributed by atoms with Gasteiger partial charge in [-0.3, -0.25) is 0 Å². The highest BCUT2D eigenvalue weighted by Gasteiger charge is 2.17. The van der Waals surface area contributed by atoms with Crippen molar-refractivity contribution in [3.8, 4) is 17.2 Å². The average Bonchev–Trinajstić information content (AvgIpc) is 2.38. The van der Waals surface area contributed by atoms with E-state index < -0.39 is 0 Å². The van der Waals surface area contributed by atoms with Crippen LogP contribution in [0.3, 0.4) is 0 Å². The molecule has 0 saturated carbocycles. The predicted octanol–water partition coefficient (Wildman–Crippen LogP) is 0.965. The van der Waals surface area contributed by atoms with Crippen LogP contribution in [0.4, 0.5) is 0 Å². The second-order valence-corrected chi connectivity index (χ2v) is 3.48. The third-order valence-corrected chi connectivity index (χ3v) is 2.62. The molecule has 0 aliphatic rings. The lowest BCUT2D eigenvalue weighted by atomic mass is 10.1. The van der Waals surface area contributed by atoms with Crippen molar-refractivity contribution >= 4 is 0 Å². The number of aliphatic hydroxyl groups is 1. The Balaban J connectivity index is 3.26. The van der Waals surface area contributed by atoms with E-state index in [0.29, 0.717) is 17.2 Å². The minimum Gasteiger partial charge on any atom is -0.493 e. The molecule has 0 saturated heterocycles. The molecule has 0 aliphatic carbocycles. The maximum absolute atomic E-state index is 9.26. The first-order chi connectivity index (χ1) is 8.21. The zero-order valence-electron chi connectivity index (χ0n) is 10.6. The van der Waals surface area contributed by atoms with Crippen LogP contribution in [0.25, 0.3) is 0 Å². The molecule has 5 heteroatoms. The number of benzene rings is 1. The van der Waals surface area contributed by atoms with Crippen LogP contribution in [0.2, 0.25) is 0 Å². The van der Waals surface area contributed by atoms with E-state index in [2.05, 4.69) is 5.32 Å². The zero-order valence-corrected chi connectivity index (χ0v) is 10.6. The molecule has 17 heavy (non-hydrogen) atoms. The van der Waals surface area contributed by atoms with E-state index in [-0.39, 0.29) is 12.6 Å². The molecule has 0 aliphatic heterocycles. The number of hydrogen-bond donors (Lipinski definition) is 2. The van der Waals surface area contributed by atoms with Gasteiger partial charge in [0.1, 0.15) is 0 Å². The third kappa shape index (κ3) is 2.81. The normalized spacial score (nSPS) is 12.1. The summed E-state index contributed by atoms with van der Waals surface area (Å²) in [4.78, 5) is 0. The van der Waals surface area contributed by atoms with Crippen LogP contribution in [-0.4, -0.2) is 40.1 Å². The van der Waals surface area contributed by atoms with Crippen molar-refractivity contribution in [1.82, 2.24) is 5.32 Å². The SMILES string of the molecule is CNC(CO)c1cc(OC)c(OC)c(OC)c1. The predicted molar refractivity (Wildman–Crippen MR) is 65.0 cm³/mol. The van der Waals surface area contributed by atoms with Crippen LogP contribution in [-0.2, 0) is 0 Å². The Hall–Kier alpha value is -1.46. The molecule has 0 bridgehead atoms. The van der Waals surface area contributed by atoms with Gasteiger partial charge in [-0.1, -0.05) is 0 Å². The summed E-state index contributed by atoms with van der Waals surface area (Å²) < 4.78 is 15.7. The Morgan fingerprint density at radius 1 is 1.12 bits per heavy atom. The summed E-state index contributed by atoms with van der Waals surface area (Å²) in [6, 6.07) is 3.47. The second-order valence-electron chi connectivity index (χ2n) is 3.48. The zero-order chi connectivity index (χ0) is 12.8. The average molecular weight is 241 g/mol. The highest BCUT2D eigenvalue weighted by atomic mass is 16.5. The Kier molecular flexibility index (Phi) is 5.06. The molecular formula is C12H19NO4. The Morgan fingerprint density at radius 2 is 1.65 bits per heavy atom. The molecule has 0 fully saturated rings. The van der Waals surface area contributed by atoms with Crippen molar-refractivity contribution in [1.29, 1.82) is 0 Å². The Bertz CT molecular complexity index is 339. The highest BCUT2D eigenvalue weighted by Crippen LogP contribution is 2.39. The van der Waals surface area contributed by atoms with E-state index in [1.807, 2.05) is 12.1 Å². The van der Waals surface area contributed by atoms with Gasteiger partial charge in [0.25, 0.3) is 0 Å². The lowest BCUT2D eigenvalue weighted by Gasteiger charge is -2.18. The molecular weight excluding hydrogens is 222 g/mol. The van der Waals surface area contributed by atoms with Gasteiger partial charge >= 0.3 is 0 Å². The second kappa shape index (κ2) is 6.32. The third-order valence-electron chi connectivity index (χ3n) is 2.62. The number of nitrogens with one attached hydrogen (secondary N) is 1. The number of hydrogen-bond acceptors (Lipinski definition) is 5. The van der Waals surface area contributed by atoms with E-state index in [9.17, 15) is 5.11 Å². The van der Waals surface area contributed by atoms with E-state index >= 15 is 0 Å².